The van der Waals surface area contributed by atoms with Gasteiger partial charge in [0.2, 0.25) is 0 Å². The van der Waals surface area contributed by atoms with Crippen LogP contribution >= 0.6 is 0 Å². The summed E-state index contributed by atoms with van der Waals surface area (Å²) < 4.78 is 0. The first-order chi connectivity index (χ1) is 5.15. The van der Waals surface area contributed by atoms with Gasteiger partial charge in [0.05, 0.1) is 0 Å². The Morgan fingerprint density at radius 2 is 2.18 bits per heavy atom. The van der Waals surface area contributed by atoms with E-state index in [0.717, 1.165) is 18.4 Å². The van der Waals surface area contributed by atoms with Crippen LogP contribution in [0.15, 0.2) is 0 Å². The van der Waals surface area contributed by atoms with E-state index in [2.05, 4.69) is 27.0 Å². The molecule has 1 fully saturated rings. The third-order valence-corrected chi connectivity index (χ3v) is 2.68. The van der Waals surface area contributed by atoms with E-state index < -0.39 is 0 Å². The number of rotatable bonds is 1. The molecule has 11 heavy (non-hydrogen) atoms. The van der Waals surface area contributed by atoms with E-state index >= 15 is 0 Å². The van der Waals surface area contributed by atoms with Crippen LogP contribution in [-0.2, 0) is 0 Å². The summed E-state index contributed by atoms with van der Waals surface area (Å²) in [7, 11) is 0. The zero-order valence-corrected chi connectivity index (χ0v) is 7.54. The number of nitrogens with zero attached hydrogens (tertiary/aromatic N) is 2. The molecule has 2 heteroatoms. The number of nitriles is 1. The molecule has 1 heterocycles. The lowest BCUT2D eigenvalue weighted by atomic mass is 9.94. The highest BCUT2D eigenvalue weighted by Gasteiger charge is 2.29. The SMILES string of the molecule is CC(C)[C@@H]1C[C@@H](C)N(C#N)C1. The van der Waals surface area contributed by atoms with Gasteiger partial charge in [-0.3, -0.25) is 0 Å². The Balaban J connectivity index is 2.51. The van der Waals surface area contributed by atoms with Gasteiger partial charge in [-0.1, -0.05) is 13.8 Å². The van der Waals surface area contributed by atoms with Gasteiger partial charge in [0.1, 0.15) is 0 Å². The summed E-state index contributed by atoms with van der Waals surface area (Å²) in [5.74, 6) is 1.44. The second-order valence-electron chi connectivity index (χ2n) is 3.84. The van der Waals surface area contributed by atoms with Crippen molar-refractivity contribution in [2.75, 3.05) is 6.54 Å². The van der Waals surface area contributed by atoms with E-state index in [1.54, 1.807) is 0 Å². The Labute approximate surface area is 68.8 Å². The van der Waals surface area contributed by atoms with E-state index in [9.17, 15) is 0 Å². The van der Waals surface area contributed by atoms with Crippen molar-refractivity contribution in [2.24, 2.45) is 11.8 Å². The van der Waals surface area contributed by atoms with Gasteiger partial charge in [-0.15, -0.1) is 0 Å². The molecule has 0 spiro atoms. The van der Waals surface area contributed by atoms with Crippen LogP contribution in [-0.4, -0.2) is 17.5 Å². The van der Waals surface area contributed by atoms with E-state index in [0.29, 0.717) is 6.04 Å². The summed E-state index contributed by atoms with van der Waals surface area (Å²) in [4.78, 5) is 1.89. The second kappa shape index (κ2) is 3.13. The van der Waals surface area contributed by atoms with E-state index in [1.807, 2.05) is 4.90 Å². The summed E-state index contributed by atoms with van der Waals surface area (Å²) >= 11 is 0. The summed E-state index contributed by atoms with van der Waals surface area (Å²) in [6, 6.07) is 0.465. The Morgan fingerprint density at radius 1 is 1.55 bits per heavy atom. The summed E-state index contributed by atoms with van der Waals surface area (Å²) in [5.41, 5.74) is 0. The van der Waals surface area contributed by atoms with Crippen molar-refractivity contribution < 1.29 is 0 Å². The molecule has 0 aliphatic carbocycles. The molecule has 1 aliphatic rings. The third kappa shape index (κ3) is 1.65. The van der Waals surface area contributed by atoms with Crippen LogP contribution in [0.5, 0.6) is 0 Å². The lowest BCUT2D eigenvalue weighted by Gasteiger charge is -2.12. The first kappa shape index (κ1) is 8.39. The lowest BCUT2D eigenvalue weighted by Crippen LogP contribution is -2.21. The Hall–Kier alpha value is -0.710. The zero-order chi connectivity index (χ0) is 8.43. The highest BCUT2D eigenvalue weighted by Crippen LogP contribution is 2.27. The molecule has 0 aromatic rings. The fourth-order valence-electron chi connectivity index (χ4n) is 1.69. The van der Waals surface area contributed by atoms with Gasteiger partial charge in [-0.05, 0) is 25.2 Å². The van der Waals surface area contributed by atoms with E-state index in [-0.39, 0.29) is 0 Å². The molecular weight excluding hydrogens is 136 g/mol. The van der Waals surface area contributed by atoms with E-state index in [4.69, 9.17) is 5.26 Å². The second-order valence-corrected chi connectivity index (χ2v) is 3.84. The van der Waals surface area contributed by atoms with Crippen molar-refractivity contribution >= 4 is 0 Å². The van der Waals surface area contributed by atoms with Gasteiger partial charge >= 0.3 is 0 Å². The number of hydrogen-bond acceptors (Lipinski definition) is 2. The quantitative estimate of drug-likeness (QED) is 0.536. The molecule has 0 N–H and O–H groups in total. The van der Waals surface area contributed by atoms with Gasteiger partial charge in [-0.25, -0.2) is 0 Å². The van der Waals surface area contributed by atoms with Crippen LogP contribution < -0.4 is 0 Å². The molecule has 0 bridgehead atoms. The molecule has 0 radical (unpaired) electrons. The van der Waals surface area contributed by atoms with Crippen molar-refractivity contribution in [3.8, 4) is 6.19 Å². The molecule has 0 unspecified atom stereocenters. The largest absolute Gasteiger partial charge is 0.308 e. The maximum absolute atomic E-state index is 8.71. The highest BCUT2D eigenvalue weighted by molar-refractivity contribution is 4.90. The summed E-state index contributed by atoms with van der Waals surface area (Å²) in [6.07, 6.45) is 3.42. The topological polar surface area (TPSA) is 27.0 Å². The van der Waals surface area contributed by atoms with Crippen molar-refractivity contribution in [3.05, 3.63) is 0 Å². The normalized spacial score (nSPS) is 31.0. The maximum Gasteiger partial charge on any atom is 0.179 e. The van der Waals surface area contributed by atoms with Crippen LogP contribution in [0.25, 0.3) is 0 Å². The molecular formula is C9H16N2. The zero-order valence-electron chi connectivity index (χ0n) is 7.54. The smallest absolute Gasteiger partial charge is 0.179 e. The van der Waals surface area contributed by atoms with Crippen LogP contribution in [0.2, 0.25) is 0 Å². The van der Waals surface area contributed by atoms with Gasteiger partial charge in [0.25, 0.3) is 0 Å². The molecule has 1 aliphatic heterocycles. The number of likely N-dealkylation sites (tertiary alicyclic amines) is 1. The Bertz CT molecular complexity index is 169. The molecule has 0 aromatic carbocycles. The van der Waals surface area contributed by atoms with Crippen LogP contribution in [0.3, 0.4) is 0 Å². The molecule has 0 aromatic heterocycles. The van der Waals surface area contributed by atoms with Crippen LogP contribution in [0, 0.1) is 23.3 Å². The van der Waals surface area contributed by atoms with E-state index in [1.165, 1.54) is 6.42 Å². The first-order valence-electron chi connectivity index (χ1n) is 4.31. The van der Waals surface area contributed by atoms with Gasteiger partial charge in [0, 0.05) is 12.6 Å². The van der Waals surface area contributed by atoms with Crippen molar-refractivity contribution in [1.29, 1.82) is 5.26 Å². The molecule has 2 nitrogen and oxygen atoms in total. The lowest BCUT2D eigenvalue weighted by molar-refractivity contribution is 0.364. The third-order valence-electron chi connectivity index (χ3n) is 2.68. The molecule has 0 saturated carbocycles. The minimum absolute atomic E-state index is 0.465. The number of hydrogen-bond donors (Lipinski definition) is 0. The predicted octanol–water partition coefficient (Wildman–Crippen LogP) is 1.83. The minimum atomic E-state index is 0.465. The standard InChI is InChI=1S/C9H16N2/c1-7(2)9-4-8(3)11(5-9)6-10/h7-9H,4-5H2,1-3H3/t8-,9-/m1/s1. The predicted molar refractivity (Wildman–Crippen MR) is 44.7 cm³/mol. The van der Waals surface area contributed by atoms with Crippen molar-refractivity contribution in [3.63, 3.8) is 0 Å². The average Bonchev–Trinajstić information content (AvgIpc) is 2.31. The highest BCUT2D eigenvalue weighted by atomic mass is 15.2. The maximum atomic E-state index is 8.71. The Kier molecular flexibility index (Phi) is 2.38. The fraction of sp³-hybridized carbons (Fsp3) is 0.889. The molecule has 1 rings (SSSR count). The molecule has 62 valence electrons. The summed E-state index contributed by atoms with van der Waals surface area (Å²) in [5, 5.41) is 8.71. The first-order valence-corrected chi connectivity index (χ1v) is 4.31. The molecule has 1 saturated heterocycles. The van der Waals surface area contributed by atoms with Crippen LogP contribution in [0.4, 0.5) is 0 Å². The molecule has 0 amide bonds. The molecule has 2 atom stereocenters. The average molecular weight is 152 g/mol. The van der Waals surface area contributed by atoms with Crippen molar-refractivity contribution in [2.45, 2.75) is 33.2 Å². The van der Waals surface area contributed by atoms with Gasteiger partial charge < -0.3 is 4.90 Å². The minimum Gasteiger partial charge on any atom is -0.308 e. The van der Waals surface area contributed by atoms with Crippen molar-refractivity contribution in [1.82, 2.24) is 4.90 Å². The van der Waals surface area contributed by atoms with Gasteiger partial charge in [0.15, 0.2) is 6.19 Å². The summed E-state index contributed by atoms with van der Waals surface area (Å²) in [6.45, 7) is 7.57. The van der Waals surface area contributed by atoms with Gasteiger partial charge in [-0.2, -0.15) is 5.26 Å². The Morgan fingerprint density at radius 3 is 2.45 bits per heavy atom. The fourth-order valence-corrected chi connectivity index (χ4v) is 1.69. The monoisotopic (exact) mass is 152 g/mol. The van der Waals surface area contributed by atoms with Crippen LogP contribution in [0.1, 0.15) is 27.2 Å².